The molecule has 0 radical (unpaired) electrons. The first kappa shape index (κ1) is 12.2. The average molecular weight is 273 g/mol. The molecule has 5 heteroatoms. The number of aromatic nitrogens is 2. The van der Waals surface area contributed by atoms with Gasteiger partial charge in [0.25, 0.3) is 0 Å². The van der Waals surface area contributed by atoms with Crippen LogP contribution in [0.25, 0.3) is 10.2 Å². The average Bonchev–Trinajstić information content (AvgIpc) is 3.00. The molecular weight excluding hydrogens is 258 g/mol. The van der Waals surface area contributed by atoms with Gasteiger partial charge in [0.2, 0.25) is 0 Å². The molecule has 0 bridgehead atoms. The molecule has 0 aliphatic heterocycles. The third kappa shape index (κ3) is 2.10. The van der Waals surface area contributed by atoms with Crippen molar-refractivity contribution < 1.29 is 4.42 Å². The molecule has 0 aliphatic carbocycles. The number of hydrogen-bond acceptors (Lipinski definition) is 5. The maximum absolute atomic E-state index is 5.41. The molecule has 0 aromatic carbocycles. The third-order valence-electron chi connectivity index (χ3n) is 3.29. The van der Waals surface area contributed by atoms with Crippen molar-refractivity contribution in [2.24, 2.45) is 0 Å². The molecule has 0 saturated carbocycles. The molecule has 1 N–H and O–H groups in total. The van der Waals surface area contributed by atoms with Gasteiger partial charge in [-0.25, -0.2) is 9.97 Å². The summed E-state index contributed by atoms with van der Waals surface area (Å²) in [5.74, 6) is 1.77. The predicted octanol–water partition coefficient (Wildman–Crippen LogP) is 4.07. The van der Waals surface area contributed by atoms with E-state index in [2.05, 4.69) is 36.1 Å². The van der Waals surface area contributed by atoms with Crippen molar-refractivity contribution in [3.8, 4) is 0 Å². The largest absolute Gasteiger partial charge is 0.467 e. The fourth-order valence-corrected chi connectivity index (χ4v) is 3.10. The minimum atomic E-state index is 0.0766. The van der Waals surface area contributed by atoms with Crippen molar-refractivity contribution in [1.82, 2.24) is 9.97 Å². The summed E-state index contributed by atoms with van der Waals surface area (Å²) in [7, 11) is 0. The van der Waals surface area contributed by atoms with Crippen molar-refractivity contribution in [1.29, 1.82) is 0 Å². The van der Waals surface area contributed by atoms with Gasteiger partial charge in [0, 0.05) is 4.88 Å². The van der Waals surface area contributed by atoms with Crippen molar-refractivity contribution in [2.75, 3.05) is 5.32 Å². The lowest BCUT2D eigenvalue weighted by Gasteiger charge is -2.13. The highest BCUT2D eigenvalue weighted by atomic mass is 32.1. The minimum absolute atomic E-state index is 0.0766. The van der Waals surface area contributed by atoms with Crippen LogP contribution in [0.15, 0.2) is 29.1 Å². The normalized spacial score (nSPS) is 12.8. The van der Waals surface area contributed by atoms with Crippen molar-refractivity contribution in [2.45, 2.75) is 26.8 Å². The van der Waals surface area contributed by atoms with Gasteiger partial charge in [-0.1, -0.05) is 0 Å². The van der Waals surface area contributed by atoms with Crippen LogP contribution in [0.2, 0.25) is 0 Å². The fourth-order valence-electron chi connectivity index (χ4n) is 2.11. The van der Waals surface area contributed by atoms with Gasteiger partial charge in [0.15, 0.2) is 0 Å². The van der Waals surface area contributed by atoms with Gasteiger partial charge in [0.1, 0.15) is 22.7 Å². The Bertz CT molecular complexity index is 703. The highest BCUT2D eigenvalue weighted by Crippen LogP contribution is 2.33. The zero-order valence-corrected chi connectivity index (χ0v) is 11.9. The predicted molar refractivity (Wildman–Crippen MR) is 77.6 cm³/mol. The summed E-state index contributed by atoms with van der Waals surface area (Å²) in [5, 5.41) is 4.52. The second kappa shape index (κ2) is 4.66. The van der Waals surface area contributed by atoms with Crippen LogP contribution in [0, 0.1) is 13.8 Å². The molecule has 3 heterocycles. The van der Waals surface area contributed by atoms with Gasteiger partial charge >= 0.3 is 0 Å². The van der Waals surface area contributed by atoms with Crippen molar-refractivity contribution in [3.05, 3.63) is 40.9 Å². The van der Waals surface area contributed by atoms with Gasteiger partial charge in [-0.05, 0) is 38.5 Å². The van der Waals surface area contributed by atoms with Gasteiger partial charge in [0.05, 0.1) is 17.7 Å². The topological polar surface area (TPSA) is 51.0 Å². The molecule has 0 saturated heterocycles. The van der Waals surface area contributed by atoms with Crippen LogP contribution in [0.3, 0.4) is 0 Å². The lowest BCUT2D eigenvalue weighted by atomic mass is 10.2. The Morgan fingerprint density at radius 3 is 2.89 bits per heavy atom. The molecular formula is C14H15N3OS. The molecule has 0 amide bonds. The molecule has 4 nitrogen and oxygen atoms in total. The standard InChI is InChI=1S/C14H15N3OS/c1-8-10(3)19-14-12(8)13(15-7-16-14)17-9(2)11-5-4-6-18-11/h4-7,9H,1-3H3,(H,15,16,17). The van der Waals surface area contributed by atoms with Crippen molar-refractivity contribution in [3.63, 3.8) is 0 Å². The quantitative estimate of drug-likeness (QED) is 0.781. The van der Waals surface area contributed by atoms with Crippen LogP contribution in [0.1, 0.15) is 29.2 Å². The van der Waals surface area contributed by atoms with E-state index < -0.39 is 0 Å². The van der Waals surface area contributed by atoms with Crippen LogP contribution in [0.4, 0.5) is 5.82 Å². The zero-order chi connectivity index (χ0) is 13.4. The molecule has 3 aromatic heterocycles. The molecule has 0 fully saturated rings. The van der Waals surface area contributed by atoms with E-state index in [1.165, 1.54) is 10.4 Å². The summed E-state index contributed by atoms with van der Waals surface area (Å²) in [6, 6.07) is 3.93. The van der Waals surface area contributed by atoms with E-state index in [9.17, 15) is 0 Å². The highest BCUT2D eigenvalue weighted by molar-refractivity contribution is 7.18. The van der Waals surface area contributed by atoms with Crippen LogP contribution >= 0.6 is 11.3 Å². The smallest absolute Gasteiger partial charge is 0.139 e. The summed E-state index contributed by atoms with van der Waals surface area (Å²) in [6.07, 6.45) is 3.29. The maximum atomic E-state index is 5.41. The number of aryl methyl sites for hydroxylation is 2. The third-order valence-corrected chi connectivity index (χ3v) is 4.40. The van der Waals surface area contributed by atoms with Gasteiger partial charge in [-0.15, -0.1) is 11.3 Å². The van der Waals surface area contributed by atoms with Crippen molar-refractivity contribution >= 4 is 27.4 Å². The first-order valence-electron chi connectivity index (χ1n) is 6.17. The molecule has 3 rings (SSSR count). The summed E-state index contributed by atoms with van der Waals surface area (Å²) < 4.78 is 5.41. The zero-order valence-electron chi connectivity index (χ0n) is 11.1. The number of nitrogens with zero attached hydrogens (tertiary/aromatic N) is 2. The van der Waals surface area contributed by atoms with E-state index in [1.807, 2.05) is 12.1 Å². The number of nitrogens with one attached hydrogen (secondary N) is 1. The van der Waals surface area contributed by atoms with E-state index in [0.29, 0.717) is 0 Å². The van der Waals surface area contributed by atoms with E-state index in [-0.39, 0.29) is 6.04 Å². The number of thiophene rings is 1. The highest BCUT2D eigenvalue weighted by Gasteiger charge is 2.15. The fraction of sp³-hybridized carbons (Fsp3) is 0.286. The second-order valence-corrected chi connectivity index (χ2v) is 5.77. The lowest BCUT2D eigenvalue weighted by molar-refractivity contribution is 0.490. The minimum Gasteiger partial charge on any atom is -0.467 e. The Morgan fingerprint density at radius 1 is 1.32 bits per heavy atom. The summed E-state index contributed by atoms with van der Waals surface area (Å²) in [6.45, 7) is 6.28. The summed E-state index contributed by atoms with van der Waals surface area (Å²) >= 11 is 1.70. The first-order valence-corrected chi connectivity index (χ1v) is 6.99. The molecule has 0 aliphatic rings. The Kier molecular flexibility index (Phi) is 2.98. The number of anilines is 1. The van der Waals surface area contributed by atoms with E-state index in [1.54, 1.807) is 23.9 Å². The lowest BCUT2D eigenvalue weighted by Crippen LogP contribution is -2.07. The van der Waals surface area contributed by atoms with Gasteiger partial charge < -0.3 is 9.73 Å². The van der Waals surface area contributed by atoms with Gasteiger partial charge in [-0.2, -0.15) is 0 Å². The Morgan fingerprint density at radius 2 is 2.16 bits per heavy atom. The Hall–Kier alpha value is -1.88. The number of hydrogen-bond donors (Lipinski definition) is 1. The monoisotopic (exact) mass is 273 g/mol. The van der Waals surface area contributed by atoms with Crippen LogP contribution in [-0.4, -0.2) is 9.97 Å². The van der Waals surface area contributed by atoms with Crippen LogP contribution < -0.4 is 5.32 Å². The molecule has 98 valence electrons. The molecule has 1 unspecified atom stereocenters. The summed E-state index contributed by atoms with van der Waals surface area (Å²) in [5.41, 5.74) is 1.25. The second-order valence-electron chi connectivity index (χ2n) is 4.57. The SMILES string of the molecule is Cc1sc2ncnc(NC(C)c3ccco3)c2c1C. The molecule has 1 atom stereocenters. The Labute approximate surface area is 115 Å². The van der Waals surface area contributed by atoms with E-state index in [4.69, 9.17) is 4.42 Å². The number of furan rings is 1. The van der Waals surface area contributed by atoms with E-state index >= 15 is 0 Å². The number of fused-ring (bicyclic) bond motifs is 1. The number of rotatable bonds is 3. The molecule has 3 aromatic rings. The van der Waals surface area contributed by atoms with Crippen LogP contribution in [0.5, 0.6) is 0 Å². The first-order chi connectivity index (χ1) is 9.16. The summed E-state index contributed by atoms with van der Waals surface area (Å²) in [4.78, 5) is 11.0. The molecule has 19 heavy (non-hydrogen) atoms. The molecule has 0 spiro atoms. The van der Waals surface area contributed by atoms with E-state index in [0.717, 1.165) is 21.8 Å². The Balaban J connectivity index is 2.01. The van der Waals surface area contributed by atoms with Gasteiger partial charge in [-0.3, -0.25) is 0 Å². The van der Waals surface area contributed by atoms with Crippen LogP contribution in [-0.2, 0) is 0 Å². The maximum Gasteiger partial charge on any atom is 0.139 e.